The second kappa shape index (κ2) is 4.31. The molecule has 0 bridgehead atoms. The molecule has 0 aromatic carbocycles. The number of nitrogens with zero attached hydrogens (tertiary/aromatic N) is 2. The minimum atomic E-state index is -0.662. The number of carbonyl (C=O) groups is 1. The van der Waals surface area contributed by atoms with E-state index in [1.165, 1.54) is 10.9 Å². The van der Waals surface area contributed by atoms with E-state index in [-0.39, 0.29) is 17.3 Å². The third-order valence-electron chi connectivity index (χ3n) is 2.17. The van der Waals surface area contributed by atoms with E-state index in [1.807, 2.05) is 13.8 Å². The van der Waals surface area contributed by atoms with Crippen molar-refractivity contribution in [2.24, 2.45) is 11.7 Å². The molecule has 1 rings (SSSR count). The first kappa shape index (κ1) is 11.5. The maximum Gasteiger partial charge on any atom is 0.271 e. The van der Waals surface area contributed by atoms with Gasteiger partial charge >= 0.3 is 0 Å². The normalized spacial score (nSPS) is 13.1. The fourth-order valence-electron chi connectivity index (χ4n) is 1.12. The van der Waals surface area contributed by atoms with Crippen LogP contribution in [0.2, 0.25) is 0 Å². The van der Waals surface area contributed by atoms with E-state index < -0.39 is 12.0 Å². The lowest BCUT2D eigenvalue weighted by atomic mass is 10.1. The van der Waals surface area contributed by atoms with Crippen molar-refractivity contribution in [3.63, 3.8) is 0 Å². The van der Waals surface area contributed by atoms with Gasteiger partial charge in [0, 0.05) is 6.20 Å². The van der Waals surface area contributed by atoms with E-state index in [2.05, 4.69) is 5.10 Å². The number of hydrogen-bond donors (Lipinski definition) is 3. The third kappa shape index (κ3) is 2.69. The van der Waals surface area contributed by atoms with Gasteiger partial charge < -0.3 is 16.6 Å². The Bertz CT molecular complexity index is 359. The summed E-state index contributed by atoms with van der Waals surface area (Å²) in [4.78, 5) is 10.9. The monoisotopic (exact) mass is 212 g/mol. The first-order chi connectivity index (χ1) is 6.91. The predicted molar refractivity (Wildman–Crippen MR) is 56.0 cm³/mol. The van der Waals surface area contributed by atoms with E-state index in [0.717, 1.165) is 0 Å². The van der Waals surface area contributed by atoms with Crippen molar-refractivity contribution < 1.29 is 9.90 Å². The molecule has 0 radical (unpaired) electrons. The highest BCUT2D eigenvalue weighted by Gasteiger charge is 2.15. The highest BCUT2D eigenvalue weighted by atomic mass is 16.3. The van der Waals surface area contributed by atoms with Crippen molar-refractivity contribution in [3.8, 4) is 0 Å². The zero-order valence-corrected chi connectivity index (χ0v) is 8.84. The largest absolute Gasteiger partial charge is 0.396 e. The number of rotatable bonds is 4. The molecule has 1 heterocycles. The van der Waals surface area contributed by atoms with Gasteiger partial charge in [0.05, 0.1) is 18.3 Å². The number of nitrogens with two attached hydrogens (primary N) is 2. The topological polar surface area (TPSA) is 107 Å². The summed E-state index contributed by atoms with van der Waals surface area (Å²) in [6, 6.07) is 0. The number of aromatic nitrogens is 2. The third-order valence-corrected chi connectivity index (χ3v) is 2.17. The summed E-state index contributed by atoms with van der Waals surface area (Å²) in [5.74, 6) is -0.544. The van der Waals surface area contributed by atoms with Gasteiger partial charge in [-0.05, 0) is 5.92 Å². The average Bonchev–Trinajstić information content (AvgIpc) is 2.46. The molecule has 0 aliphatic rings. The van der Waals surface area contributed by atoms with Crippen LogP contribution < -0.4 is 11.5 Å². The van der Waals surface area contributed by atoms with Crippen molar-refractivity contribution in [2.75, 3.05) is 5.73 Å². The van der Waals surface area contributed by atoms with Crippen LogP contribution >= 0.6 is 0 Å². The lowest BCUT2D eigenvalue weighted by molar-refractivity contribution is 0.0975. The van der Waals surface area contributed by atoms with Crippen LogP contribution in [0.1, 0.15) is 24.3 Å². The van der Waals surface area contributed by atoms with Crippen molar-refractivity contribution in [2.45, 2.75) is 26.5 Å². The van der Waals surface area contributed by atoms with Gasteiger partial charge in [-0.15, -0.1) is 0 Å². The molecule has 0 saturated carbocycles. The van der Waals surface area contributed by atoms with Crippen LogP contribution in [0.25, 0.3) is 0 Å². The Balaban J connectivity index is 2.80. The predicted octanol–water partition coefficient (Wildman–Crippen LogP) is -0.419. The van der Waals surface area contributed by atoms with E-state index in [9.17, 15) is 9.90 Å². The maximum atomic E-state index is 10.9. The molecule has 1 amide bonds. The van der Waals surface area contributed by atoms with Gasteiger partial charge in [-0.1, -0.05) is 13.8 Å². The van der Waals surface area contributed by atoms with Crippen molar-refractivity contribution in [3.05, 3.63) is 11.9 Å². The Labute approximate surface area is 87.9 Å². The molecule has 84 valence electrons. The zero-order chi connectivity index (χ0) is 11.6. The van der Waals surface area contributed by atoms with Gasteiger partial charge in [0.2, 0.25) is 0 Å². The number of hydrogen-bond acceptors (Lipinski definition) is 4. The van der Waals surface area contributed by atoms with Gasteiger partial charge in [0.15, 0.2) is 5.69 Å². The molecule has 6 nitrogen and oxygen atoms in total. The van der Waals surface area contributed by atoms with Crippen LogP contribution in [-0.4, -0.2) is 26.9 Å². The number of carbonyl (C=O) groups excluding carboxylic acids is 1. The molecule has 1 atom stereocenters. The first-order valence-electron chi connectivity index (χ1n) is 4.72. The maximum absolute atomic E-state index is 10.9. The molecule has 6 heteroatoms. The van der Waals surface area contributed by atoms with Crippen LogP contribution in [-0.2, 0) is 6.54 Å². The van der Waals surface area contributed by atoms with Crippen LogP contribution in [0, 0.1) is 5.92 Å². The van der Waals surface area contributed by atoms with Gasteiger partial charge in [-0.25, -0.2) is 0 Å². The quantitative estimate of drug-likeness (QED) is 0.630. The summed E-state index contributed by atoms with van der Waals surface area (Å²) in [7, 11) is 0. The Kier molecular flexibility index (Phi) is 3.31. The number of nitrogen functional groups attached to an aromatic ring is 1. The van der Waals surface area contributed by atoms with Gasteiger partial charge in [0.25, 0.3) is 5.91 Å². The Morgan fingerprint density at radius 3 is 2.67 bits per heavy atom. The minimum Gasteiger partial charge on any atom is -0.396 e. The lowest BCUT2D eigenvalue weighted by Crippen LogP contribution is -2.22. The molecular weight excluding hydrogens is 196 g/mol. The molecule has 0 aliphatic carbocycles. The molecular formula is C9H16N4O2. The molecule has 1 unspecified atom stereocenters. The first-order valence-corrected chi connectivity index (χ1v) is 4.72. The van der Waals surface area contributed by atoms with Crippen molar-refractivity contribution >= 4 is 11.6 Å². The van der Waals surface area contributed by atoms with Gasteiger partial charge in [-0.2, -0.15) is 5.10 Å². The summed E-state index contributed by atoms with van der Waals surface area (Å²) in [6.45, 7) is 4.09. The van der Waals surface area contributed by atoms with E-state index in [4.69, 9.17) is 11.5 Å². The van der Waals surface area contributed by atoms with Crippen LogP contribution in [0.4, 0.5) is 5.69 Å². The number of aliphatic hydroxyl groups is 1. The molecule has 0 aliphatic heterocycles. The highest BCUT2D eigenvalue weighted by Crippen LogP contribution is 2.10. The SMILES string of the molecule is CC(C)C(O)Cn1cc(N)c(C(N)=O)n1. The summed E-state index contributed by atoms with van der Waals surface area (Å²) in [5.41, 5.74) is 10.9. The molecule has 1 aromatic heterocycles. The Hall–Kier alpha value is -1.56. The van der Waals surface area contributed by atoms with Crippen LogP contribution in [0.3, 0.4) is 0 Å². The lowest BCUT2D eigenvalue weighted by Gasteiger charge is -2.13. The molecule has 0 fully saturated rings. The van der Waals surface area contributed by atoms with Gasteiger partial charge in [0.1, 0.15) is 0 Å². The van der Waals surface area contributed by atoms with E-state index >= 15 is 0 Å². The van der Waals surface area contributed by atoms with Crippen LogP contribution in [0.15, 0.2) is 6.20 Å². The fourth-order valence-corrected chi connectivity index (χ4v) is 1.12. The molecule has 0 spiro atoms. The number of primary amides is 1. The highest BCUT2D eigenvalue weighted by molar-refractivity contribution is 5.95. The smallest absolute Gasteiger partial charge is 0.271 e. The average molecular weight is 212 g/mol. The number of anilines is 1. The minimum absolute atomic E-state index is 0.0472. The number of aliphatic hydroxyl groups excluding tert-OH is 1. The number of amides is 1. The second-order valence-corrected chi connectivity index (χ2v) is 3.83. The second-order valence-electron chi connectivity index (χ2n) is 3.83. The van der Waals surface area contributed by atoms with E-state index in [1.54, 1.807) is 0 Å². The molecule has 15 heavy (non-hydrogen) atoms. The Morgan fingerprint density at radius 2 is 2.27 bits per heavy atom. The fraction of sp³-hybridized carbons (Fsp3) is 0.556. The standard InChI is InChI=1S/C9H16N4O2/c1-5(2)7(14)4-13-3-6(10)8(12-13)9(11)15/h3,5,7,14H,4,10H2,1-2H3,(H2,11,15). The van der Waals surface area contributed by atoms with Crippen molar-refractivity contribution in [1.82, 2.24) is 9.78 Å². The van der Waals surface area contributed by atoms with Gasteiger partial charge in [-0.3, -0.25) is 9.48 Å². The Morgan fingerprint density at radius 1 is 1.67 bits per heavy atom. The van der Waals surface area contributed by atoms with Crippen LogP contribution in [0.5, 0.6) is 0 Å². The summed E-state index contributed by atoms with van der Waals surface area (Å²) < 4.78 is 1.43. The summed E-state index contributed by atoms with van der Waals surface area (Å²) in [6.07, 6.45) is 0.969. The molecule has 0 saturated heterocycles. The van der Waals surface area contributed by atoms with E-state index in [0.29, 0.717) is 6.54 Å². The molecule has 5 N–H and O–H groups in total. The zero-order valence-electron chi connectivity index (χ0n) is 8.84. The summed E-state index contributed by atoms with van der Waals surface area (Å²) >= 11 is 0. The summed E-state index contributed by atoms with van der Waals surface area (Å²) in [5, 5.41) is 13.5. The van der Waals surface area contributed by atoms with Crippen molar-refractivity contribution in [1.29, 1.82) is 0 Å². The molecule has 1 aromatic rings.